The van der Waals surface area contributed by atoms with Gasteiger partial charge < -0.3 is 14.2 Å². The lowest BCUT2D eigenvalue weighted by Gasteiger charge is -2.23. The highest BCUT2D eigenvalue weighted by molar-refractivity contribution is 7.22. The molecule has 1 aromatic heterocycles. The number of aromatic nitrogens is 1. The maximum Gasteiger partial charge on any atom is 0.416 e. The molecular formula is C22H21F3N2O4S. The second-order valence-electron chi connectivity index (χ2n) is 7.27. The Morgan fingerprint density at radius 1 is 1.16 bits per heavy atom. The van der Waals surface area contributed by atoms with E-state index in [4.69, 9.17) is 14.2 Å². The summed E-state index contributed by atoms with van der Waals surface area (Å²) in [7, 11) is 3.07. The predicted octanol–water partition coefficient (Wildman–Crippen LogP) is 5.16. The van der Waals surface area contributed by atoms with Crippen molar-refractivity contribution in [1.82, 2.24) is 4.98 Å². The molecule has 0 spiro atoms. The van der Waals surface area contributed by atoms with Gasteiger partial charge in [-0.1, -0.05) is 11.3 Å². The van der Waals surface area contributed by atoms with E-state index in [2.05, 4.69) is 4.98 Å². The second-order valence-corrected chi connectivity index (χ2v) is 8.25. The van der Waals surface area contributed by atoms with Crippen LogP contribution in [0.1, 0.15) is 28.8 Å². The molecule has 1 aliphatic rings. The van der Waals surface area contributed by atoms with E-state index in [1.54, 1.807) is 12.1 Å². The average molecular weight is 466 g/mol. The average Bonchev–Trinajstić information content (AvgIpc) is 3.45. The molecule has 10 heteroatoms. The molecule has 4 rings (SSSR count). The number of thiazole rings is 1. The Hall–Kier alpha value is -2.85. The summed E-state index contributed by atoms with van der Waals surface area (Å²) in [4.78, 5) is 19.5. The molecule has 0 saturated carbocycles. The number of rotatable bonds is 6. The third-order valence-electron chi connectivity index (χ3n) is 5.24. The molecule has 1 saturated heterocycles. The summed E-state index contributed by atoms with van der Waals surface area (Å²) in [5, 5.41) is 0.392. The molecule has 0 radical (unpaired) electrons. The number of hydrogen-bond donors (Lipinski definition) is 0. The van der Waals surface area contributed by atoms with Crippen molar-refractivity contribution in [1.29, 1.82) is 0 Å². The van der Waals surface area contributed by atoms with E-state index in [0.29, 0.717) is 33.5 Å². The fourth-order valence-electron chi connectivity index (χ4n) is 3.59. The molecule has 1 atom stereocenters. The van der Waals surface area contributed by atoms with Gasteiger partial charge in [0, 0.05) is 12.2 Å². The van der Waals surface area contributed by atoms with Gasteiger partial charge in [0.2, 0.25) is 0 Å². The molecule has 0 bridgehead atoms. The van der Waals surface area contributed by atoms with Gasteiger partial charge in [0.15, 0.2) is 5.13 Å². The Labute approximate surface area is 186 Å². The molecule has 2 aromatic carbocycles. The van der Waals surface area contributed by atoms with Gasteiger partial charge in [0.1, 0.15) is 21.7 Å². The van der Waals surface area contributed by atoms with Crippen molar-refractivity contribution >= 4 is 32.6 Å². The van der Waals surface area contributed by atoms with Gasteiger partial charge in [-0.25, -0.2) is 4.98 Å². The van der Waals surface area contributed by atoms with E-state index in [-0.39, 0.29) is 18.2 Å². The Bertz CT molecular complexity index is 1070. The molecule has 1 aliphatic heterocycles. The number of benzene rings is 2. The molecule has 0 N–H and O–H groups in total. The zero-order chi connectivity index (χ0) is 22.9. The molecule has 32 heavy (non-hydrogen) atoms. The monoisotopic (exact) mass is 466 g/mol. The smallest absolute Gasteiger partial charge is 0.416 e. The zero-order valence-electron chi connectivity index (χ0n) is 17.4. The van der Waals surface area contributed by atoms with Crippen LogP contribution >= 0.6 is 11.3 Å². The first kappa shape index (κ1) is 22.3. The number of hydrogen-bond acceptors (Lipinski definition) is 6. The van der Waals surface area contributed by atoms with Crippen molar-refractivity contribution in [3.8, 4) is 11.5 Å². The van der Waals surface area contributed by atoms with E-state index >= 15 is 0 Å². The standard InChI is InChI=1S/C22H21F3N2O4S/c1-29-16-9-10-17(30-2)19-18(16)26-21(32-19)27(12-15-4-3-11-31-15)20(28)13-5-7-14(8-6-13)22(23,24)25/h5-10,15H,3-4,11-12H2,1-2H3. The van der Waals surface area contributed by atoms with E-state index in [0.717, 1.165) is 25.0 Å². The van der Waals surface area contributed by atoms with E-state index in [1.165, 1.54) is 42.6 Å². The van der Waals surface area contributed by atoms with Crippen molar-refractivity contribution in [3.63, 3.8) is 0 Å². The molecule has 0 aliphatic carbocycles. The number of carbonyl (C=O) groups is 1. The molecule has 6 nitrogen and oxygen atoms in total. The minimum atomic E-state index is -4.47. The summed E-state index contributed by atoms with van der Waals surface area (Å²) in [5.74, 6) is 0.664. The minimum absolute atomic E-state index is 0.134. The third-order valence-corrected chi connectivity index (χ3v) is 6.34. The first-order valence-corrected chi connectivity index (χ1v) is 10.8. The Morgan fingerprint density at radius 2 is 1.84 bits per heavy atom. The molecule has 1 fully saturated rings. The normalized spacial score (nSPS) is 16.3. The predicted molar refractivity (Wildman–Crippen MR) is 115 cm³/mol. The number of anilines is 1. The summed E-state index contributed by atoms with van der Waals surface area (Å²) in [6, 6.07) is 7.66. The van der Waals surface area contributed by atoms with Crippen LogP contribution in [0.5, 0.6) is 11.5 Å². The number of nitrogens with zero attached hydrogens (tertiary/aromatic N) is 2. The topological polar surface area (TPSA) is 60.9 Å². The van der Waals surface area contributed by atoms with E-state index < -0.39 is 17.6 Å². The van der Waals surface area contributed by atoms with Crippen molar-refractivity contribution in [2.45, 2.75) is 25.1 Å². The van der Waals surface area contributed by atoms with Gasteiger partial charge in [-0.3, -0.25) is 9.69 Å². The molecule has 1 amide bonds. The van der Waals surface area contributed by atoms with Crippen LogP contribution in [0.15, 0.2) is 36.4 Å². The maximum absolute atomic E-state index is 13.4. The number of alkyl halides is 3. The van der Waals surface area contributed by atoms with Crippen LogP contribution in [0.3, 0.4) is 0 Å². The summed E-state index contributed by atoms with van der Waals surface area (Å²) >= 11 is 1.25. The number of ether oxygens (including phenoxy) is 3. The van der Waals surface area contributed by atoms with Gasteiger partial charge in [-0.2, -0.15) is 13.2 Å². The summed E-state index contributed by atoms with van der Waals surface area (Å²) in [6.07, 6.45) is -2.98. The van der Waals surface area contributed by atoms with Crippen LogP contribution in [-0.2, 0) is 10.9 Å². The van der Waals surface area contributed by atoms with Crippen molar-refractivity contribution in [3.05, 3.63) is 47.5 Å². The van der Waals surface area contributed by atoms with Gasteiger partial charge in [-0.15, -0.1) is 0 Å². The zero-order valence-corrected chi connectivity index (χ0v) is 18.3. The Kier molecular flexibility index (Phi) is 6.25. The van der Waals surface area contributed by atoms with Crippen LogP contribution in [0.25, 0.3) is 10.2 Å². The maximum atomic E-state index is 13.4. The molecular weight excluding hydrogens is 445 g/mol. The molecule has 170 valence electrons. The van der Waals surface area contributed by atoms with Crippen molar-refractivity contribution < 1.29 is 32.2 Å². The highest BCUT2D eigenvalue weighted by Crippen LogP contribution is 2.40. The first-order valence-electron chi connectivity index (χ1n) is 9.94. The molecule has 2 heterocycles. The Morgan fingerprint density at radius 3 is 2.44 bits per heavy atom. The second kappa shape index (κ2) is 8.95. The number of fused-ring (bicyclic) bond motifs is 1. The Balaban J connectivity index is 1.74. The first-order chi connectivity index (χ1) is 15.3. The molecule has 1 unspecified atom stereocenters. The lowest BCUT2D eigenvalue weighted by Crippen LogP contribution is -2.37. The van der Waals surface area contributed by atoms with Gasteiger partial charge in [0.05, 0.1) is 32.4 Å². The quantitative estimate of drug-likeness (QED) is 0.502. The third kappa shape index (κ3) is 4.37. The van der Waals surface area contributed by atoms with Crippen LogP contribution in [0, 0.1) is 0 Å². The highest BCUT2D eigenvalue weighted by Gasteiger charge is 2.32. The lowest BCUT2D eigenvalue weighted by molar-refractivity contribution is -0.137. The van der Waals surface area contributed by atoms with Gasteiger partial charge >= 0.3 is 6.18 Å². The van der Waals surface area contributed by atoms with Crippen LogP contribution in [-0.4, -0.2) is 44.4 Å². The SMILES string of the molecule is COc1ccc(OC)c2sc(N(CC3CCCO3)C(=O)c3ccc(C(F)(F)F)cc3)nc12. The fourth-order valence-corrected chi connectivity index (χ4v) is 4.67. The summed E-state index contributed by atoms with van der Waals surface area (Å²) in [6.45, 7) is 0.846. The van der Waals surface area contributed by atoms with Gasteiger partial charge in [-0.05, 0) is 49.2 Å². The number of amides is 1. The summed E-state index contributed by atoms with van der Waals surface area (Å²) < 4.78 is 56.0. The highest BCUT2D eigenvalue weighted by atomic mass is 32.1. The van der Waals surface area contributed by atoms with E-state index in [1.807, 2.05) is 0 Å². The number of methoxy groups -OCH3 is 2. The van der Waals surface area contributed by atoms with Crippen LogP contribution in [0.4, 0.5) is 18.3 Å². The molecule has 3 aromatic rings. The fraction of sp³-hybridized carbons (Fsp3) is 0.364. The van der Waals surface area contributed by atoms with Crippen molar-refractivity contribution in [2.75, 3.05) is 32.3 Å². The lowest BCUT2D eigenvalue weighted by atomic mass is 10.1. The van der Waals surface area contributed by atoms with Gasteiger partial charge in [0.25, 0.3) is 5.91 Å². The van der Waals surface area contributed by atoms with E-state index in [9.17, 15) is 18.0 Å². The largest absolute Gasteiger partial charge is 0.495 e. The number of halogens is 3. The van der Waals surface area contributed by atoms with Crippen LogP contribution < -0.4 is 14.4 Å². The van der Waals surface area contributed by atoms with Crippen LogP contribution in [0.2, 0.25) is 0 Å². The number of carbonyl (C=O) groups excluding carboxylic acids is 1. The van der Waals surface area contributed by atoms with Crippen molar-refractivity contribution in [2.24, 2.45) is 0 Å². The summed E-state index contributed by atoms with van der Waals surface area (Å²) in [5.41, 5.74) is -0.132. The minimum Gasteiger partial charge on any atom is -0.495 e.